The predicted molar refractivity (Wildman–Crippen MR) is 98.8 cm³/mol. The number of piperidine rings is 1. The van der Waals surface area contributed by atoms with Crippen molar-refractivity contribution in [1.82, 2.24) is 9.80 Å². The molecular weight excluding hydrogens is 318 g/mol. The molecule has 3 rings (SSSR count). The molecule has 6 heteroatoms. The van der Waals surface area contributed by atoms with Crippen LogP contribution in [0.5, 0.6) is 0 Å². The average molecular weight is 354 g/mol. The Balaban J connectivity index is 1.68. The van der Waals surface area contributed by atoms with Gasteiger partial charge in [0.1, 0.15) is 0 Å². The number of ether oxygens (including phenoxy) is 2. The number of aliphatic hydroxyl groups excluding tert-OH is 1. The molecule has 0 amide bonds. The molecule has 0 unspecified atom stereocenters. The van der Waals surface area contributed by atoms with Crippen molar-refractivity contribution >= 4 is 6.02 Å². The van der Waals surface area contributed by atoms with Crippen LogP contribution in [-0.2, 0) is 9.47 Å². The molecule has 144 valence electrons. The highest BCUT2D eigenvalue weighted by Crippen LogP contribution is 2.34. The Morgan fingerprint density at radius 2 is 2.00 bits per heavy atom. The van der Waals surface area contributed by atoms with E-state index in [-0.39, 0.29) is 0 Å². The van der Waals surface area contributed by atoms with Crippen LogP contribution < -0.4 is 0 Å². The maximum absolute atomic E-state index is 10.8. The lowest BCUT2D eigenvalue weighted by atomic mass is 9.88. The molecule has 3 fully saturated rings. The van der Waals surface area contributed by atoms with Gasteiger partial charge in [0.15, 0.2) is 5.60 Å². The molecule has 25 heavy (non-hydrogen) atoms. The average Bonchev–Trinajstić information content (AvgIpc) is 2.90. The van der Waals surface area contributed by atoms with Crippen molar-refractivity contribution in [3.05, 3.63) is 0 Å². The van der Waals surface area contributed by atoms with Crippen LogP contribution in [0.4, 0.5) is 0 Å². The lowest BCUT2D eigenvalue weighted by molar-refractivity contribution is -0.0982. The third-order valence-corrected chi connectivity index (χ3v) is 5.58. The summed E-state index contributed by atoms with van der Waals surface area (Å²) in [7, 11) is 0. The van der Waals surface area contributed by atoms with Crippen LogP contribution in [-0.4, -0.2) is 85.1 Å². The summed E-state index contributed by atoms with van der Waals surface area (Å²) in [5, 5.41) is 10.8. The fourth-order valence-electron chi connectivity index (χ4n) is 4.36. The highest BCUT2D eigenvalue weighted by atomic mass is 16.6. The Morgan fingerprint density at radius 3 is 2.68 bits per heavy atom. The van der Waals surface area contributed by atoms with E-state index >= 15 is 0 Å². The summed E-state index contributed by atoms with van der Waals surface area (Å²) in [6.07, 6.45) is 2.65. The van der Waals surface area contributed by atoms with Crippen molar-refractivity contribution in [2.24, 2.45) is 16.8 Å². The molecule has 6 nitrogen and oxygen atoms in total. The van der Waals surface area contributed by atoms with E-state index in [9.17, 15) is 5.11 Å². The number of likely N-dealkylation sites (tertiary alicyclic amines) is 1. The van der Waals surface area contributed by atoms with Gasteiger partial charge in [0.05, 0.1) is 12.6 Å². The zero-order valence-corrected chi connectivity index (χ0v) is 16.1. The molecule has 1 spiro atoms. The van der Waals surface area contributed by atoms with Gasteiger partial charge in [-0.15, -0.1) is 0 Å². The number of aliphatic imine (C=N–C) groups is 1. The smallest absolute Gasteiger partial charge is 0.288 e. The third kappa shape index (κ3) is 4.47. The van der Waals surface area contributed by atoms with Crippen molar-refractivity contribution in [2.45, 2.75) is 51.7 Å². The molecular formula is C19H35N3O3. The Kier molecular flexibility index (Phi) is 6.23. The van der Waals surface area contributed by atoms with Gasteiger partial charge in [0.25, 0.3) is 6.02 Å². The minimum atomic E-state index is -0.522. The van der Waals surface area contributed by atoms with Gasteiger partial charge >= 0.3 is 0 Å². The van der Waals surface area contributed by atoms with E-state index in [1.807, 2.05) is 6.92 Å². The van der Waals surface area contributed by atoms with Crippen molar-refractivity contribution in [1.29, 1.82) is 0 Å². The van der Waals surface area contributed by atoms with E-state index in [4.69, 9.17) is 9.47 Å². The molecule has 2 atom stereocenters. The van der Waals surface area contributed by atoms with Gasteiger partial charge in [-0.25, -0.2) is 4.99 Å². The summed E-state index contributed by atoms with van der Waals surface area (Å²) in [5.74, 6) is 1.25. The van der Waals surface area contributed by atoms with E-state index in [1.165, 1.54) is 0 Å². The summed E-state index contributed by atoms with van der Waals surface area (Å²) in [4.78, 5) is 9.28. The largest absolute Gasteiger partial charge is 0.452 e. The Hall–Kier alpha value is -0.850. The lowest BCUT2D eigenvalue weighted by Gasteiger charge is -2.43. The van der Waals surface area contributed by atoms with Gasteiger partial charge in [0.2, 0.25) is 0 Å². The fourth-order valence-corrected chi connectivity index (χ4v) is 4.36. The maximum atomic E-state index is 10.8. The van der Waals surface area contributed by atoms with Gasteiger partial charge in [-0.2, -0.15) is 0 Å². The summed E-state index contributed by atoms with van der Waals surface area (Å²) < 4.78 is 11.8. The monoisotopic (exact) mass is 353 g/mol. The summed E-state index contributed by atoms with van der Waals surface area (Å²) in [6.45, 7) is 13.4. The Morgan fingerprint density at radius 1 is 1.24 bits per heavy atom. The van der Waals surface area contributed by atoms with Crippen molar-refractivity contribution in [2.75, 3.05) is 52.5 Å². The summed E-state index contributed by atoms with van der Waals surface area (Å²) >= 11 is 0. The van der Waals surface area contributed by atoms with Crippen LogP contribution in [0.15, 0.2) is 4.99 Å². The van der Waals surface area contributed by atoms with Crippen LogP contribution >= 0.6 is 0 Å². The first-order valence-electron chi connectivity index (χ1n) is 9.99. The normalized spacial score (nSPS) is 33.6. The van der Waals surface area contributed by atoms with Gasteiger partial charge in [0, 0.05) is 45.9 Å². The van der Waals surface area contributed by atoms with E-state index in [0.29, 0.717) is 18.4 Å². The standard InChI is InChI=1S/C19H35N3O3/c1-4-20-18-22(11-15(2)3)14-19(25-18)13-21(8-5-17(19)23)12-16-6-9-24-10-7-16/h15-17,23H,4-14H2,1-3H3/t17-,19+/m0/s1. The zero-order chi connectivity index (χ0) is 17.9. The van der Waals surface area contributed by atoms with E-state index < -0.39 is 11.7 Å². The number of nitrogens with zero attached hydrogens (tertiary/aromatic N) is 3. The number of rotatable bonds is 5. The molecule has 3 heterocycles. The minimum Gasteiger partial charge on any atom is -0.452 e. The van der Waals surface area contributed by atoms with Crippen molar-refractivity contribution in [3.8, 4) is 0 Å². The minimum absolute atomic E-state index is 0.419. The first-order chi connectivity index (χ1) is 12.0. The van der Waals surface area contributed by atoms with Crippen LogP contribution in [0, 0.1) is 11.8 Å². The van der Waals surface area contributed by atoms with Crippen LogP contribution in [0.1, 0.15) is 40.0 Å². The molecule has 0 saturated carbocycles. The Labute approximate surface area is 152 Å². The molecule has 3 aliphatic rings. The summed E-state index contributed by atoms with van der Waals surface area (Å²) in [6, 6.07) is 0.725. The number of hydrogen-bond donors (Lipinski definition) is 1. The topological polar surface area (TPSA) is 57.5 Å². The van der Waals surface area contributed by atoms with Crippen LogP contribution in [0.25, 0.3) is 0 Å². The van der Waals surface area contributed by atoms with Gasteiger partial charge < -0.3 is 19.5 Å². The quantitative estimate of drug-likeness (QED) is 0.813. The Bertz CT molecular complexity index is 465. The lowest BCUT2D eigenvalue weighted by Crippen LogP contribution is -2.59. The first kappa shape index (κ1) is 18.9. The highest BCUT2D eigenvalue weighted by Gasteiger charge is 2.52. The van der Waals surface area contributed by atoms with E-state index in [0.717, 1.165) is 71.2 Å². The molecule has 1 N–H and O–H groups in total. The number of hydrogen-bond acceptors (Lipinski definition) is 5. The second kappa shape index (κ2) is 8.23. The molecule has 0 aromatic carbocycles. The van der Waals surface area contributed by atoms with Crippen LogP contribution in [0.3, 0.4) is 0 Å². The number of amidine groups is 1. The van der Waals surface area contributed by atoms with Gasteiger partial charge in [-0.3, -0.25) is 4.90 Å². The molecule has 0 aromatic heterocycles. The van der Waals surface area contributed by atoms with E-state index in [1.54, 1.807) is 0 Å². The zero-order valence-electron chi connectivity index (χ0n) is 16.1. The molecule has 0 aliphatic carbocycles. The summed E-state index contributed by atoms with van der Waals surface area (Å²) in [5.41, 5.74) is -0.522. The predicted octanol–water partition coefficient (Wildman–Crippen LogP) is 1.58. The first-order valence-corrected chi connectivity index (χ1v) is 9.99. The van der Waals surface area contributed by atoms with Crippen molar-refractivity contribution in [3.63, 3.8) is 0 Å². The number of aliphatic hydroxyl groups is 1. The SMILES string of the molecule is CCN=C1O[C@]2(CN(CC3CCOCC3)CC[C@@H]2O)CN1CC(C)C. The third-order valence-electron chi connectivity index (χ3n) is 5.58. The van der Waals surface area contributed by atoms with Gasteiger partial charge in [-0.1, -0.05) is 13.8 Å². The van der Waals surface area contributed by atoms with E-state index in [2.05, 4.69) is 28.6 Å². The molecule has 0 bridgehead atoms. The molecule has 3 saturated heterocycles. The molecule has 3 aliphatic heterocycles. The second-order valence-corrected chi connectivity index (χ2v) is 8.29. The van der Waals surface area contributed by atoms with Crippen molar-refractivity contribution < 1.29 is 14.6 Å². The second-order valence-electron chi connectivity index (χ2n) is 8.29. The van der Waals surface area contributed by atoms with Crippen LogP contribution in [0.2, 0.25) is 0 Å². The highest BCUT2D eigenvalue weighted by molar-refractivity contribution is 5.76. The molecule has 0 radical (unpaired) electrons. The maximum Gasteiger partial charge on any atom is 0.288 e. The fraction of sp³-hybridized carbons (Fsp3) is 0.947. The molecule has 0 aromatic rings. The van der Waals surface area contributed by atoms with Gasteiger partial charge in [-0.05, 0) is 38.0 Å².